The van der Waals surface area contributed by atoms with Crippen molar-refractivity contribution in [2.45, 2.75) is 18.1 Å². The first kappa shape index (κ1) is 20.7. The van der Waals surface area contributed by atoms with Gasteiger partial charge in [-0.25, -0.2) is 4.98 Å². The maximum absolute atomic E-state index is 13.2. The molecule has 4 aromatic rings. The van der Waals surface area contributed by atoms with Crippen molar-refractivity contribution < 1.29 is 13.9 Å². The van der Waals surface area contributed by atoms with E-state index in [4.69, 9.17) is 9.15 Å². The first-order valence-corrected chi connectivity index (χ1v) is 10.7. The number of nitrogens with zero attached hydrogens (tertiary/aromatic N) is 2. The summed E-state index contributed by atoms with van der Waals surface area (Å²) in [5.41, 5.74) is 1.04. The maximum Gasteiger partial charge on any atom is 0.266 e. The number of amides is 1. The molecule has 8 heteroatoms. The first-order valence-electron chi connectivity index (χ1n) is 9.68. The molecule has 4 rings (SSSR count). The van der Waals surface area contributed by atoms with Crippen LogP contribution in [0.3, 0.4) is 0 Å². The minimum atomic E-state index is -0.253. The number of nitrogens with one attached hydrogen (secondary N) is 1. The number of rotatable bonds is 7. The highest BCUT2D eigenvalue weighted by Gasteiger charge is 2.16. The van der Waals surface area contributed by atoms with Gasteiger partial charge in [-0.15, -0.1) is 0 Å². The van der Waals surface area contributed by atoms with E-state index in [0.29, 0.717) is 33.3 Å². The van der Waals surface area contributed by atoms with Crippen LogP contribution < -0.4 is 15.6 Å². The number of carbonyl (C=O) groups excluding carboxylic acids is 1. The summed E-state index contributed by atoms with van der Waals surface area (Å²) in [5.74, 6) is 1.28. The number of hydrogen-bond acceptors (Lipinski definition) is 6. The van der Waals surface area contributed by atoms with E-state index in [2.05, 4.69) is 10.3 Å². The van der Waals surface area contributed by atoms with E-state index in [1.807, 2.05) is 19.1 Å². The Bertz CT molecular complexity index is 1250. The average Bonchev–Trinajstić information content (AvgIpc) is 3.33. The van der Waals surface area contributed by atoms with Crippen LogP contribution in [0.4, 0.5) is 0 Å². The van der Waals surface area contributed by atoms with E-state index in [1.54, 1.807) is 61.9 Å². The van der Waals surface area contributed by atoms with Gasteiger partial charge in [0.2, 0.25) is 5.91 Å². The van der Waals surface area contributed by atoms with Gasteiger partial charge in [0.15, 0.2) is 5.16 Å². The zero-order valence-corrected chi connectivity index (χ0v) is 17.9. The van der Waals surface area contributed by atoms with Gasteiger partial charge in [-0.05, 0) is 55.5 Å². The number of ether oxygens (including phenoxy) is 1. The van der Waals surface area contributed by atoms with Gasteiger partial charge in [0.25, 0.3) is 5.56 Å². The van der Waals surface area contributed by atoms with Crippen molar-refractivity contribution in [3.05, 3.63) is 83.0 Å². The lowest BCUT2D eigenvalue weighted by Crippen LogP contribution is -2.28. The lowest BCUT2D eigenvalue weighted by molar-refractivity contribution is -0.119. The summed E-state index contributed by atoms with van der Waals surface area (Å²) in [6.07, 6.45) is 1.57. The quantitative estimate of drug-likeness (QED) is 0.349. The van der Waals surface area contributed by atoms with Crippen molar-refractivity contribution in [3.8, 4) is 11.4 Å². The minimum absolute atomic E-state index is 0.103. The van der Waals surface area contributed by atoms with Crippen LogP contribution in [-0.4, -0.2) is 28.3 Å². The second kappa shape index (κ2) is 9.09. The number of para-hydroxylation sites is 1. The van der Waals surface area contributed by atoms with Gasteiger partial charge in [0.05, 0.1) is 41.8 Å². The normalized spacial score (nSPS) is 11.9. The monoisotopic (exact) mass is 435 g/mol. The molecule has 1 amide bonds. The third kappa shape index (κ3) is 4.49. The molecular weight excluding hydrogens is 414 g/mol. The van der Waals surface area contributed by atoms with Gasteiger partial charge in [0, 0.05) is 0 Å². The molecule has 0 aliphatic carbocycles. The Morgan fingerprint density at radius 3 is 2.65 bits per heavy atom. The van der Waals surface area contributed by atoms with Crippen molar-refractivity contribution >= 4 is 28.6 Å². The number of fused-ring (bicyclic) bond motifs is 1. The molecule has 0 fully saturated rings. The molecule has 0 aliphatic heterocycles. The van der Waals surface area contributed by atoms with Gasteiger partial charge >= 0.3 is 0 Å². The Balaban J connectivity index is 1.64. The van der Waals surface area contributed by atoms with E-state index >= 15 is 0 Å². The molecule has 1 N–H and O–H groups in total. The van der Waals surface area contributed by atoms with Crippen LogP contribution in [0.5, 0.6) is 5.75 Å². The number of methoxy groups -OCH3 is 1. The van der Waals surface area contributed by atoms with E-state index in [-0.39, 0.29) is 23.3 Å². The Morgan fingerprint density at radius 2 is 1.94 bits per heavy atom. The van der Waals surface area contributed by atoms with Crippen LogP contribution in [-0.2, 0) is 4.79 Å². The lowest BCUT2D eigenvalue weighted by Gasteiger charge is -2.14. The van der Waals surface area contributed by atoms with Gasteiger partial charge in [-0.2, -0.15) is 0 Å². The minimum Gasteiger partial charge on any atom is -0.497 e. The zero-order chi connectivity index (χ0) is 21.8. The number of carbonyl (C=O) groups is 1. The van der Waals surface area contributed by atoms with Crippen LogP contribution in [0.25, 0.3) is 16.6 Å². The van der Waals surface area contributed by atoms with Crippen LogP contribution in [0.1, 0.15) is 18.7 Å². The Morgan fingerprint density at radius 1 is 1.16 bits per heavy atom. The van der Waals surface area contributed by atoms with Crippen LogP contribution >= 0.6 is 11.8 Å². The molecule has 2 aromatic heterocycles. The van der Waals surface area contributed by atoms with Gasteiger partial charge in [0.1, 0.15) is 11.5 Å². The van der Waals surface area contributed by atoms with Crippen molar-refractivity contribution in [2.75, 3.05) is 12.9 Å². The lowest BCUT2D eigenvalue weighted by atomic mass is 10.2. The predicted octanol–water partition coefficient (Wildman–Crippen LogP) is 3.96. The molecule has 0 aliphatic rings. The fourth-order valence-corrected chi connectivity index (χ4v) is 4.01. The number of furan rings is 1. The molecule has 2 aromatic carbocycles. The summed E-state index contributed by atoms with van der Waals surface area (Å²) in [7, 11) is 1.59. The molecule has 0 unspecified atom stereocenters. The van der Waals surface area contributed by atoms with E-state index in [1.165, 1.54) is 16.3 Å². The van der Waals surface area contributed by atoms with Crippen molar-refractivity contribution in [3.63, 3.8) is 0 Å². The highest BCUT2D eigenvalue weighted by Crippen LogP contribution is 2.23. The molecule has 0 bridgehead atoms. The molecule has 0 saturated heterocycles. The molecule has 1 atom stereocenters. The highest BCUT2D eigenvalue weighted by molar-refractivity contribution is 7.99. The standard InChI is InChI=1S/C23H21N3O4S/c1-15(20-8-5-13-30-20)24-21(27)14-31-23-25-19-7-4-3-6-18(19)22(28)26(23)16-9-11-17(29-2)12-10-16/h3-13,15H,14H2,1-2H3,(H,24,27)/t15-/m1/s1. The predicted molar refractivity (Wildman–Crippen MR) is 120 cm³/mol. The first-order chi connectivity index (χ1) is 15.1. The molecule has 2 heterocycles. The van der Waals surface area contributed by atoms with Gasteiger partial charge in [-0.1, -0.05) is 23.9 Å². The number of thioether (sulfide) groups is 1. The van der Waals surface area contributed by atoms with Crippen LogP contribution in [0.2, 0.25) is 0 Å². The second-order valence-electron chi connectivity index (χ2n) is 6.84. The third-order valence-corrected chi connectivity index (χ3v) is 5.69. The zero-order valence-electron chi connectivity index (χ0n) is 17.1. The van der Waals surface area contributed by atoms with Crippen LogP contribution in [0, 0.1) is 0 Å². The molecule has 0 radical (unpaired) electrons. The summed E-state index contributed by atoms with van der Waals surface area (Å²) in [6, 6.07) is 17.7. The summed E-state index contributed by atoms with van der Waals surface area (Å²) < 4.78 is 12.1. The number of benzene rings is 2. The van der Waals surface area contributed by atoms with Gasteiger partial charge < -0.3 is 14.5 Å². The number of aromatic nitrogens is 2. The fourth-order valence-electron chi connectivity index (χ4n) is 3.19. The maximum atomic E-state index is 13.2. The largest absolute Gasteiger partial charge is 0.497 e. The molecule has 0 saturated carbocycles. The Labute approximate surface area is 183 Å². The molecule has 158 valence electrons. The number of hydrogen-bond donors (Lipinski definition) is 1. The van der Waals surface area contributed by atoms with Crippen molar-refractivity contribution in [1.29, 1.82) is 0 Å². The summed E-state index contributed by atoms with van der Waals surface area (Å²) in [5, 5.41) is 3.85. The molecule has 0 spiro atoms. The van der Waals surface area contributed by atoms with Crippen molar-refractivity contribution in [1.82, 2.24) is 14.9 Å². The second-order valence-corrected chi connectivity index (χ2v) is 7.79. The highest BCUT2D eigenvalue weighted by atomic mass is 32.2. The van der Waals surface area contributed by atoms with E-state index in [0.717, 1.165) is 0 Å². The van der Waals surface area contributed by atoms with E-state index < -0.39 is 0 Å². The average molecular weight is 436 g/mol. The SMILES string of the molecule is COc1ccc(-n2c(SCC(=O)N[C@H](C)c3ccco3)nc3ccccc3c2=O)cc1. The van der Waals surface area contributed by atoms with E-state index in [9.17, 15) is 9.59 Å². The smallest absolute Gasteiger partial charge is 0.266 e. The molecule has 31 heavy (non-hydrogen) atoms. The Hall–Kier alpha value is -3.52. The Kier molecular flexibility index (Phi) is 6.08. The van der Waals surface area contributed by atoms with Crippen LogP contribution in [0.15, 0.2) is 81.3 Å². The van der Waals surface area contributed by atoms with Gasteiger partial charge in [-0.3, -0.25) is 14.2 Å². The topological polar surface area (TPSA) is 86.4 Å². The fraction of sp³-hybridized carbons (Fsp3) is 0.174. The van der Waals surface area contributed by atoms with Crippen molar-refractivity contribution in [2.24, 2.45) is 0 Å². The third-order valence-electron chi connectivity index (χ3n) is 4.76. The molecular formula is C23H21N3O4S. The molecule has 7 nitrogen and oxygen atoms in total. The summed E-state index contributed by atoms with van der Waals surface area (Å²) in [6.45, 7) is 1.85. The summed E-state index contributed by atoms with van der Waals surface area (Å²) in [4.78, 5) is 30.4. The summed E-state index contributed by atoms with van der Waals surface area (Å²) >= 11 is 1.21.